The fraction of sp³-hybridized carbons (Fsp3) is 0.391. The first-order valence-corrected chi connectivity index (χ1v) is 12.2. The number of hydrogen-bond acceptors (Lipinski definition) is 6. The van der Waals surface area contributed by atoms with Crippen molar-refractivity contribution in [3.05, 3.63) is 47.5 Å². The molecule has 1 saturated heterocycles. The molecule has 1 fully saturated rings. The quantitative estimate of drug-likeness (QED) is 0.664. The highest BCUT2D eigenvalue weighted by Gasteiger charge is 2.35. The van der Waals surface area contributed by atoms with Crippen LogP contribution in [0.4, 0.5) is 5.69 Å². The molecule has 10 heteroatoms. The van der Waals surface area contributed by atoms with Crippen molar-refractivity contribution in [1.29, 1.82) is 0 Å². The van der Waals surface area contributed by atoms with Crippen molar-refractivity contribution < 1.29 is 27.5 Å². The Hall–Kier alpha value is -3.11. The number of nitrogens with one attached hydrogen (secondary N) is 2. The van der Waals surface area contributed by atoms with Gasteiger partial charge >= 0.3 is 0 Å². The predicted octanol–water partition coefficient (Wildman–Crippen LogP) is 2.05. The third-order valence-electron chi connectivity index (χ3n) is 5.88. The monoisotopic (exact) mass is 473 g/mol. The van der Waals surface area contributed by atoms with Gasteiger partial charge in [0.05, 0.1) is 23.6 Å². The van der Waals surface area contributed by atoms with E-state index >= 15 is 0 Å². The summed E-state index contributed by atoms with van der Waals surface area (Å²) in [6.07, 6.45) is 1.21. The standard InChI is InChI=1S/C23H27N3O6S/c1-15-9-19-20(32-14-22(27)25-19)11-21(15)33(29,30)26-8-4-6-17(13-26)23(28)24-12-16-5-3-7-18(10-16)31-2/h3,5,7,9-11,17H,4,6,8,12-14H2,1-2H3,(H,24,28)(H,25,27). The number of amides is 2. The summed E-state index contributed by atoms with van der Waals surface area (Å²) in [5.74, 6) is 0.138. The van der Waals surface area contributed by atoms with Crippen LogP contribution in [0.1, 0.15) is 24.0 Å². The van der Waals surface area contributed by atoms with E-state index in [1.165, 1.54) is 10.4 Å². The van der Waals surface area contributed by atoms with Gasteiger partial charge in [-0.2, -0.15) is 4.31 Å². The molecule has 176 valence electrons. The van der Waals surface area contributed by atoms with Crippen molar-refractivity contribution in [3.8, 4) is 11.5 Å². The predicted molar refractivity (Wildman–Crippen MR) is 122 cm³/mol. The molecule has 1 atom stereocenters. The number of piperidine rings is 1. The number of methoxy groups -OCH3 is 1. The van der Waals surface area contributed by atoms with Gasteiger partial charge in [0.25, 0.3) is 5.91 Å². The van der Waals surface area contributed by atoms with Gasteiger partial charge in [0, 0.05) is 25.7 Å². The van der Waals surface area contributed by atoms with Crippen molar-refractivity contribution in [1.82, 2.24) is 9.62 Å². The van der Waals surface area contributed by atoms with E-state index < -0.39 is 15.9 Å². The van der Waals surface area contributed by atoms with Crippen LogP contribution in [-0.2, 0) is 26.2 Å². The third kappa shape index (κ3) is 4.96. The summed E-state index contributed by atoms with van der Waals surface area (Å²) in [4.78, 5) is 24.5. The molecule has 0 radical (unpaired) electrons. The molecule has 9 nitrogen and oxygen atoms in total. The molecule has 2 aliphatic heterocycles. The smallest absolute Gasteiger partial charge is 0.262 e. The zero-order valence-corrected chi connectivity index (χ0v) is 19.4. The molecule has 0 saturated carbocycles. The Labute approximate surface area is 193 Å². The van der Waals surface area contributed by atoms with Crippen LogP contribution in [0.2, 0.25) is 0 Å². The fourth-order valence-electron chi connectivity index (χ4n) is 4.12. The van der Waals surface area contributed by atoms with Crippen molar-refractivity contribution in [2.75, 3.05) is 32.1 Å². The van der Waals surface area contributed by atoms with Gasteiger partial charge in [-0.25, -0.2) is 8.42 Å². The molecular weight excluding hydrogens is 446 g/mol. The summed E-state index contributed by atoms with van der Waals surface area (Å²) in [7, 11) is -2.25. The highest BCUT2D eigenvalue weighted by molar-refractivity contribution is 7.89. The van der Waals surface area contributed by atoms with E-state index in [9.17, 15) is 18.0 Å². The van der Waals surface area contributed by atoms with Crippen LogP contribution in [-0.4, -0.2) is 51.3 Å². The lowest BCUT2D eigenvalue weighted by molar-refractivity contribution is -0.126. The van der Waals surface area contributed by atoms with Gasteiger partial charge in [-0.3, -0.25) is 9.59 Å². The number of ether oxygens (including phenoxy) is 2. The van der Waals surface area contributed by atoms with Crippen molar-refractivity contribution in [2.45, 2.75) is 31.2 Å². The second kappa shape index (κ2) is 9.40. The molecule has 2 N–H and O–H groups in total. The van der Waals surface area contributed by atoms with Crippen LogP contribution < -0.4 is 20.1 Å². The van der Waals surface area contributed by atoms with Crippen LogP contribution in [0.3, 0.4) is 0 Å². The summed E-state index contributed by atoms with van der Waals surface area (Å²) in [6.45, 7) is 2.31. The van der Waals surface area contributed by atoms with Gasteiger partial charge in [-0.05, 0) is 49.1 Å². The van der Waals surface area contributed by atoms with Gasteiger partial charge < -0.3 is 20.1 Å². The lowest BCUT2D eigenvalue weighted by atomic mass is 9.99. The molecule has 2 aromatic carbocycles. The molecule has 2 aliphatic rings. The van der Waals surface area contributed by atoms with E-state index in [4.69, 9.17) is 9.47 Å². The highest BCUT2D eigenvalue weighted by Crippen LogP contribution is 2.35. The number of carbonyl (C=O) groups excluding carboxylic acids is 2. The van der Waals surface area contributed by atoms with Crippen LogP contribution in [0, 0.1) is 12.8 Å². The molecule has 0 aromatic heterocycles. The first kappa shape index (κ1) is 23.1. The molecule has 0 spiro atoms. The van der Waals surface area contributed by atoms with E-state index in [0.29, 0.717) is 48.7 Å². The van der Waals surface area contributed by atoms with E-state index in [2.05, 4.69) is 10.6 Å². The van der Waals surface area contributed by atoms with E-state index in [1.807, 2.05) is 24.3 Å². The number of fused-ring (bicyclic) bond motifs is 1. The first-order chi connectivity index (χ1) is 15.8. The van der Waals surface area contributed by atoms with E-state index in [1.54, 1.807) is 20.1 Å². The maximum atomic E-state index is 13.4. The molecule has 1 unspecified atom stereocenters. The maximum absolute atomic E-state index is 13.4. The Morgan fingerprint density at radius 1 is 1.30 bits per heavy atom. The van der Waals surface area contributed by atoms with E-state index in [0.717, 1.165) is 5.56 Å². The van der Waals surface area contributed by atoms with Crippen LogP contribution in [0.15, 0.2) is 41.3 Å². The summed E-state index contributed by atoms with van der Waals surface area (Å²) >= 11 is 0. The molecule has 2 aromatic rings. The summed E-state index contributed by atoms with van der Waals surface area (Å²) < 4.78 is 38.8. The number of carbonyl (C=O) groups is 2. The van der Waals surface area contributed by atoms with E-state index in [-0.39, 0.29) is 29.9 Å². The fourth-order valence-corrected chi connectivity index (χ4v) is 5.87. The number of sulfonamides is 1. The molecule has 0 aliphatic carbocycles. The number of rotatable bonds is 6. The summed E-state index contributed by atoms with van der Waals surface area (Å²) in [5, 5.41) is 5.59. The zero-order valence-electron chi connectivity index (χ0n) is 18.6. The lowest BCUT2D eigenvalue weighted by Gasteiger charge is -2.32. The molecule has 4 rings (SSSR count). The maximum Gasteiger partial charge on any atom is 0.262 e. The Morgan fingerprint density at radius 3 is 2.91 bits per heavy atom. The van der Waals surface area contributed by atoms with Gasteiger partial charge in [-0.15, -0.1) is 0 Å². The third-order valence-corrected chi connectivity index (χ3v) is 7.89. The average molecular weight is 474 g/mol. The lowest BCUT2D eigenvalue weighted by Crippen LogP contribution is -2.45. The summed E-state index contributed by atoms with van der Waals surface area (Å²) in [6, 6.07) is 10.5. The second-order valence-corrected chi connectivity index (χ2v) is 10.1. The number of nitrogens with zero attached hydrogens (tertiary/aromatic N) is 1. The molecule has 2 heterocycles. The number of hydrogen-bond donors (Lipinski definition) is 2. The van der Waals surface area contributed by atoms with Crippen LogP contribution in [0.5, 0.6) is 11.5 Å². The summed E-state index contributed by atoms with van der Waals surface area (Å²) in [5.41, 5.74) is 1.86. The van der Waals surface area contributed by atoms with Gasteiger partial charge in [0.1, 0.15) is 11.5 Å². The molecule has 0 bridgehead atoms. The topological polar surface area (TPSA) is 114 Å². The minimum atomic E-state index is -3.84. The Bertz CT molecular complexity index is 1180. The van der Waals surface area contributed by atoms with Gasteiger partial charge in [0.2, 0.25) is 15.9 Å². The average Bonchev–Trinajstić information content (AvgIpc) is 2.82. The van der Waals surface area contributed by atoms with Gasteiger partial charge in [0.15, 0.2) is 6.61 Å². The molecule has 2 amide bonds. The van der Waals surface area contributed by atoms with Crippen molar-refractivity contribution in [3.63, 3.8) is 0 Å². The minimum Gasteiger partial charge on any atom is -0.497 e. The van der Waals surface area contributed by atoms with Gasteiger partial charge in [-0.1, -0.05) is 12.1 Å². The zero-order chi connectivity index (χ0) is 23.6. The van der Waals surface area contributed by atoms with Crippen molar-refractivity contribution >= 4 is 27.5 Å². The molecular formula is C23H27N3O6S. The highest BCUT2D eigenvalue weighted by atomic mass is 32.2. The van der Waals surface area contributed by atoms with Crippen molar-refractivity contribution in [2.24, 2.45) is 5.92 Å². The Morgan fingerprint density at radius 2 is 2.12 bits per heavy atom. The van der Waals surface area contributed by atoms with Crippen LogP contribution >= 0.6 is 0 Å². The Kier molecular flexibility index (Phi) is 6.57. The van der Waals surface area contributed by atoms with Crippen LogP contribution in [0.25, 0.3) is 0 Å². The number of benzene rings is 2. The largest absolute Gasteiger partial charge is 0.497 e. The minimum absolute atomic E-state index is 0.112. The first-order valence-electron chi connectivity index (χ1n) is 10.8. The SMILES string of the molecule is COc1cccc(CNC(=O)C2CCCN(S(=O)(=O)c3cc4c(cc3C)NC(=O)CO4)C2)c1. The second-order valence-electron chi connectivity index (χ2n) is 8.22. The molecule has 33 heavy (non-hydrogen) atoms. The number of anilines is 1. The number of aryl methyl sites for hydroxylation is 1. The Balaban J connectivity index is 1.46. The normalized spacial score (nSPS) is 18.6.